The van der Waals surface area contributed by atoms with E-state index < -0.39 is 10.2 Å². The Labute approximate surface area is 138 Å². The minimum absolute atomic E-state index is 0.130. The number of aryl methyl sites for hydroxylation is 1. The van der Waals surface area contributed by atoms with Crippen LogP contribution >= 0.6 is 0 Å². The molecule has 2 fully saturated rings. The van der Waals surface area contributed by atoms with E-state index in [1.165, 1.54) is 6.42 Å². The van der Waals surface area contributed by atoms with Gasteiger partial charge in [-0.3, -0.25) is 0 Å². The van der Waals surface area contributed by atoms with E-state index in [1.54, 1.807) is 22.0 Å². The van der Waals surface area contributed by atoms with Crippen LogP contribution in [0.4, 0.5) is 0 Å². The molecular formula is C15H27N5O2S. The summed E-state index contributed by atoms with van der Waals surface area (Å²) in [6.45, 7) is 1.11. The van der Waals surface area contributed by atoms with Crippen molar-refractivity contribution in [3.8, 4) is 0 Å². The molecule has 1 aliphatic heterocycles. The van der Waals surface area contributed by atoms with E-state index in [-0.39, 0.29) is 12.0 Å². The Morgan fingerprint density at radius 1 is 1.17 bits per heavy atom. The molecular weight excluding hydrogens is 314 g/mol. The second-order valence-corrected chi connectivity index (χ2v) is 8.80. The summed E-state index contributed by atoms with van der Waals surface area (Å²) in [5.41, 5.74) is 0. The molecule has 1 unspecified atom stereocenters. The van der Waals surface area contributed by atoms with Gasteiger partial charge in [-0.15, -0.1) is 10.2 Å². The summed E-state index contributed by atoms with van der Waals surface area (Å²) in [7, 11) is 0.272. The average Bonchev–Trinajstić information content (AvgIpc) is 3.01. The fourth-order valence-electron chi connectivity index (χ4n) is 3.84. The largest absolute Gasteiger partial charge is 0.320 e. The summed E-state index contributed by atoms with van der Waals surface area (Å²) in [5.74, 6) is 1.01. The molecule has 0 N–H and O–H groups in total. The van der Waals surface area contributed by atoms with Crippen LogP contribution in [0, 0.1) is 0 Å². The van der Waals surface area contributed by atoms with Crippen LogP contribution in [0.1, 0.15) is 56.7 Å². The summed E-state index contributed by atoms with van der Waals surface area (Å²) in [4.78, 5) is 0. The number of aromatic nitrogens is 3. The van der Waals surface area contributed by atoms with Crippen molar-refractivity contribution in [3.05, 3.63) is 12.2 Å². The summed E-state index contributed by atoms with van der Waals surface area (Å²) < 4.78 is 31.1. The van der Waals surface area contributed by atoms with Gasteiger partial charge < -0.3 is 4.57 Å². The molecule has 1 atom stereocenters. The van der Waals surface area contributed by atoms with Gasteiger partial charge in [-0.2, -0.15) is 17.0 Å². The van der Waals surface area contributed by atoms with Crippen molar-refractivity contribution in [3.63, 3.8) is 0 Å². The zero-order valence-corrected chi connectivity index (χ0v) is 14.9. The first-order chi connectivity index (χ1) is 11.0. The van der Waals surface area contributed by atoms with Crippen molar-refractivity contribution in [1.82, 2.24) is 23.4 Å². The lowest BCUT2D eigenvalue weighted by molar-refractivity contribution is 0.242. The molecule has 1 aromatic rings. The highest BCUT2D eigenvalue weighted by Gasteiger charge is 2.36. The van der Waals surface area contributed by atoms with Crippen molar-refractivity contribution in [2.75, 3.05) is 20.1 Å². The Kier molecular flexibility index (Phi) is 5.03. The van der Waals surface area contributed by atoms with Crippen LogP contribution in [0.3, 0.4) is 0 Å². The maximum Gasteiger partial charge on any atom is 0.281 e. The number of hydrogen-bond donors (Lipinski definition) is 0. The van der Waals surface area contributed by atoms with Crippen molar-refractivity contribution in [2.45, 2.75) is 56.9 Å². The van der Waals surface area contributed by atoms with E-state index in [0.29, 0.717) is 13.1 Å². The first-order valence-corrected chi connectivity index (χ1v) is 9.97. The zero-order chi connectivity index (χ0) is 16.4. The molecule has 1 aliphatic carbocycles. The highest BCUT2D eigenvalue weighted by atomic mass is 32.2. The predicted octanol–water partition coefficient (Wildman–Crippen LogP) is 1.50. The van der Waals surface area contributed by atoms with Crippen LogP contribution in [-0.2, 0) is 17.3 Å². The fraction of sp³-hybridized carbons (Fsp3) is 0.867. The second kappa shape index (κ2) is 6.86. The Balaban J connectivity index is 1.73. The lowest BCUT2D eigenvalue weighted by Gasteiger charge is -2.37. The summed E-state index contributed by atoms with van der Waals surface area (Å²) in [6, 6.07) is 0.156. The summed E-state index contributed by atoms with van der Waals surface area (Å²) in [5, 5.41) is 8.10. The molecule has 130 valence electrons. The topological polar surface area (TPSA) is 71.3 Å². The third kappa shape index (κ3) is 3.44. The number of nitrogens with zero attached hydrogens (tertiary/aromatic N) is 5. The molecule has 0 bridgehead atoms. The van der Waals surface area contributed by atoms with Crippen molar-refractivity contribution < 1.29 is 8.42 Å². The lowest BCUT2D eigenvalue weighted by atomic mass is 9.96. The molecule has 0 aromatic carbocycles. The summed E-state index contributed by atoms with van der Waals surface area (Å²) in [6.07, 6.45) is 8.96. The SMILES string of the molecule is CN(C1CCCCC1)S(=O)(=O)N1CCCC(c2nncn2C)C1. The molecule has 8 heteroatoms. The van der Waals surface area contributed by atoms with Gasteiger partial charge in [0.15, 0.2) is 0 Å². The van der Waals surface area contributed by atoms with Gasteiger partial charge in [-0.1, -0.05) is 19.3 Å². The second-order valence-electron chi connectivity index (χ2n) is 6.81. The number of hydrogen-bond acceptors (Lipinski definition) is 4. The number of piperidine rings is 1. The van der Waals surface area contributed by atoms with Gasteiger partial charge in [-0.25, -0.2) is 0 Å². The van der Waals surface area contributed by atoms with E-state index in [2.05, 4.69) is 10.2 Å². The highest BCUT2D eigenvalue weighted by Crippen LogP contribution is 2.30. The molecule has 0 amide bonds. The molecule has 23 heavy (non-hydrogen) atoms. The summed E-state index contributed by atoms with van der Waals surface area (Å²) >= 11 is 0. The van der Waals surface area contributed by atoms with E-state index in [4.69, 9.17) is 0 Å². The fourth-order valence-corrected chi connectivity index (χ4v) is 5.52. The molecule has 2 aliphatic rings. The molecule has 3 rings (SSSR count). The third-order valence-electron chi connectivity index (χ3n) is 5.27. The zero-order valence-electron chi connectivity index (χ0n) is 14.1. The molecule has 1 aromatic heterocycles. The highest BCUT2D eigenvalue weighted by molar-refractivity contribution is 7.86. The van der Waals surface area contributed by atoms with Gasteiger partial charge in [0.1, 0.15) is 12.2 Å². The Hall–Kier alpha value is -0.990. The van der Waals surface area contributed by atoms with Crippen LogP contribution in [-0.4, -0.2) is 58.0 Å². The van der Waals surface area contributed by atoms with Crippen molar-refractivity contribution in [2.24, 2.45) is 7.05 Å². The Morgan fingerprint density at radius 2 is 1.91 bits per heavy atom. The van der Waals surface area contributed by atoms with E-state index >= 15 is 0 Å². The van der Waals surface area contributed by atoms with Gasteiger partial charge in [0.2, 0.25) is 0 Å². The van der Waals surface area contributed by atoms with Gasteiger partial charge in [0.05, 0.1) is 0 Å². The normalized spacial score (nSPS) is 25.1. The molecule has 0 radical (unpaired) electrons. The van der Waals surface area contributed by atoms with E-state index in [9.17, 15) is 8.42 Å². The third-order valence-corrected chi connectivity index (χ3v) is 7.29. The van der Waals surface area contributed by atoms with Gasteiger partial charge in [0, 0.05) is 39.1 Å². The van der Waals surface area contributed by atoms with E-state index in [1.807, 2.05) is 11.6 Å². The standard InChI is InChI=1S/C15H27N5O2S/c1-18-12-16-17-15(18)13-7-6-10-20(11-13)23(21,22)19(2)14-8-4-3-5-9-14/h12-14H,3-11H2,1-2H3. The van der Waals surface area contributed by atoms with Gasteiger partial charge in [0.25, 0.3) is 10.2 Å². The molecule has 1 saturated heterocycles. The average molecular weight is 341 g/mol. The van der Waals surface area contributed by atoms with Crippen LogP contribution in [0.15, 0.2) is 6.33 Å². The minimum Gasteiger partial charge on any atom is -0.320 e. The monoisotopic (exact) mass is 341 g/mol. The first kappa shape index (κ1) is 16.9. The van der Waals surface area contributed by atoms with Crippen molar-refractivity contribution in [1.29, 1.82) is 0 Å². The quantitative estimate of drug-likeness (QED) is 0.832. The van der Waals surface area contributed by atoms with Crippen LogP contribution in [0.25, 0.3) is 0 Å². The number of rotatable bonds is 4. The van der Waals surface area contributed by atoms with Crippen LogP contribution in [0.5, 0.6) is 0 Å². The molecule has 1 saturated carbocycles. The maximum absolute atomic E-state index is 13.0. The first-order valence-electron chi connectivity index (χ1n) is 8.57. The van der Waals surface area contributed by atoms with Crippen molar-refractivity contribution >= 4 is 10.2 Å². The smallest absolute Gasteiger partial charge is 0.281 e. The van der Waals surface area contributed by atoms with Gasteiger partial charge in [-0.05, 0) is 25.7 Å². The van der Waals surface area contributed by atoms with Gasteiger partial charge >= 0.3 is 0 Å². The van der Waals surface area contributed by atoms with Crippen LogP contribution < -0.4 is 0 Å². The van der Waals surface area contributed by atoms with Crippen LogP contribution in [0.2, 0.25) is 0 Å². The lowest BCUT2D eigenvalue weighted by Crippen LogP contribution is -2.50. The van der Waals surface area contributed by atoms with E-state index in [0.717, 1.165) is 44.3 Å². The predicted molar refractivity (Wildman–Crippen MR) is 88.1 cm³/mol. The Bertz CT molecular complexity index is 624. The Morgan fingerprint density at radius 3 is 2.57 bits per heavy atom. The maximum atomic E-state index is 13.0. The molecule has 7 nitrogen and oxygen atoms in total. The minimum atomic E-state index is -3.39. The molecule has 0 spiro atoms. The molecule has 2 heterocycles.